The van der Waals surface area contributed by atoms with E-state index in [4.69, 9.17) is 9.57 Å². The summed E-state index contributed by atoms with van der Waals surface area (Å²) in [6.07, 6.45) is 0. The highest BCUT2D eigenvalue weighted by Gasteiger charge is 2.19. The van der Waals surface area contributed by atoms with Gasteiger partial charge in [-0.2, -0.15) is 0 Å². The third-order valence-corrected chi connectivity index (χ3v) is 3.33. The highest BCUT2D eigenvalue weighted by molar-refractivity contribution is 7.89. The summed E-state index contributed by atoms with van der Waals surface area (Å²) in [6, 6.07) is 5.43. The second-order valence-electron chi connectivity index (χ2n) is 5.05. The highest BCUT2D eigenvalue weighted by Crippen LogP contribution is 2.13. The van der Waals surface area contributed by atoms with Gasteiger partial charge >= 0.3 is 5.97 Å². The van der Waals surface area contributed by atoms with E-state index in [-0.39, 0.29) is 11.5 Å². The fraction of sp³-hybridized carbons (Fsp3) is 0.462. The summed E-state index contributed by atoms with van der Waals surface area (Å²) in [6.45, 7) is 7.13. The summed E-state index contributed by atoms with van der Waals surface area (Å²) in [7, 11) is -3.77. The Labute approximate surface area is 119 Å². The Hall–Kier alpha value is -1.44. The molecule has 1 rings (SSSR count). The standard InChI is InChI=1S/C13H19NO5S/c1-5-18-12(15)10-6-8-11(9-7-10)20(16,17)14-19-13(2,3)4/h6-9,14H,5H2,1-4H3. The number of sulfonamides is 1. The lowest BCUT2D eigenvalue weighted by atomic mass is 10.2. The van der Waals surface area contributed by atoms with Gasteiger partial charge in [0, 0.05) is 0 Å². The quantitative estimate of drug-likeness (QED) is 0.663. The molecule has 0 heterocycles. The van der Waals surface area contributed by atoms with Crippen LogP contribution in [-0.4, -0.2) is 26.6 Å². The van der Waals surface area contributed by atoms with Crippen LogP contribution >= 0.6 is 0 Å². The first-order valence-electron chi connectivity index (χ1n) is 6.13. The first-order chi connectivity index (χ1) is 9.15. The summed E-state index contributed by atoms with van der Waals surface area (Å²) < 4.78 is 28.7. The topological polar surface area (TPSA) is 81.7 Å². The second-order valence-corrected chi connectivity index (χ2v) is 6.69. The zero-order valence-electron chi connectivity index (χ0n) is 12.0. The highest BCUT2D eigenvalue weighted by atomic mass is 32.2. The van der Waals surface area contributed by atoms with E-state index >= 15 is 0 Å². The molecule has 1 N–H and O–H groups in total. The minimum Gasteiger partial charge on any atom is -0.462 e. The van der Waals surface area contributed by atoms with Gasteiger partial charge in [-0.15, -0.1) is 0 Å². The van der Waals surface area contributed by atoms with Gasteiger partial charge in [-0.1, -0.05) is 4.89 Å². The smallest absolute Gasteiger partial charge is 0.338 e. The fourth-order valence-corrected chi connectivity index (χ4v) is 2.16. The molecule has 1 aromatic rings. The molecule has 0 fully saturated rings. The number of esters is 1. The molecule has 7 heteroatoms. The van der Waals surface area contributed by atoms with Crippen LogP contribution in [0.15, 0.2) is 29.2 Å². The Morgan fingerprint density at radius 2 is 1.75 bits per heavy atom. The predicted molar refractivity (Wildman–Crippen MR) is 73.6 cm³/mol. The number of nitrogens with one attached hydrogen (secondary N) is 1. The van der Waals surface area contributed by atoms with Crippen molar-refractivity contribution >= 4 is 16.0 Å². The summed E-state index contributed by atoms with van der Waals surface area (Å²) in [5, 5.41) is 0. The minimum atomic E-state index is -3.77. The van der Waals surface area contributed by atoms with Crippen molar-refractivity contribution in [2.75, 3.05) is 6.61 Å². The molecule has 6 nitrogen and oxygen atoms in total. The largest absolute Gasteiger partial charge is 0.462 e. The number of benzene rings is 1. The Morgan fingerprint density at radius 1 is 1.20 bits per heavy atom. The zero-order chi connectivity index (χ0) is 15.4. The molecule has 0 spiro atoms. The number of ether oxygens (including phenoxy) is 1. The number of carbonyl (C=O) groups excluding carboxylic acids is 1. The normalized spacial score (nSPS) is 12.2. The molecular formula is C13H19NO5S. The van der Waals surface area contributed by atoms with Crippen molar-refractivity contribution in [2.45, 2.75) is 38.2 Å². The van der Waals surface area contributed by atoms with Crippen LogP contribution < -0.4 is 4.89 Å². The van der Waals surface area contributed by atoms with Gasteiger partial charge in [0.25, 0.3) is 10.0 Å². The van der Waals surface area contributed by atoms with Crippen LogP contribution in [0.5, 0.6) is 0 Å². The first-order valence-corrected chi connectivity index (χ1v) is 7.61. The van der Waals surface area contributed by atoms with E-state index in [0.29, 0.717) is 5.56 Å². The van der Waals surface area contributed by atoms with Crippen LogP contribution in [-0.2, 0) is 19.6 Å². The second kappa shape index (κ2) is 6.34. The number of rotatable bonds is 5. The molecule has 0 radical (unpaired) electrons. The lowest BCUT2D eigenvalue weighted by molar-refractivity contribution is -0.0357. The Balaban J connectivity index is 2.84. The van der Waals surface area contributed by atoms with E-state index in [0.717, 1.165) is 0 Å². The summed E-state index contributed by atoms with van der Waals surface area (Å²) in [4.78, 5) is 18.5. The van der Waals surface area contributed by atoms with Gasteiger partial charge in [0.1, 0.15) is 0 Å². The average Bonchev–Trinajstić information content (AvgIpc) is 2.36. The zero-order valence-corrected chi connectivity index (χ0v) is 12.8. The van der Waals surface area contributed by atoms with Gasteiger partial charge in [-0.05, 0) is 52.0 Å². The van der Waals surface area contributed by atoms with Gasteiger partial charge in [0.05, 0.1) is 22.7 Å². The molecule has 0 saturated carbocycles. The third kappa shape index (κ3) is 4.92. The molecule has 112 valence electrons. The van der Waals surface area contributed by atoms with Gasteiger partial charge < -0.3 is 4.74 Å². The maximum Gasteiger partial charge on any atom is 0.338 e. The molecule has 0 atom stereocenters. The van der Waals surface area contributed by atoms with Crippen molar-refractivity contribution in [3.05, 3.63) is 29.8 Å². The average molecular weight is 301 g/mol. The van der Waals surface area contributed by atoms with Gasteiger partial charge in [0.2, 0.25) is 0 Å². The monoisotopic (exact) mass is 301 g/mol. The predicted octanol–water partition coefficient (Wildman–Crippen LogP) is 1.87. The molecule has 1 aromatic carbocycles. The molecule has 0 aliphatic rings. The maximum atomic E-state index is 11.9. The molecule has 0 aliphatic carbocycles. The van der Waals surface area contributed by atoms with Crippen molar-refractivity contribution in [3.8, 4) is 0 Å². The summed E-state index contributed by atoms with van der Waals surface area (Å²) in [5.41, 5.74) is -0.347. The van der Waals surface area contributed by atoms with Crippen molar-refractivity contribution in [1.29, 1.82) is 0 Å². The molecule has 0 unspecified atom stereocenters. The Bertz CT molecular complexity index is 557. The molecule has 0 amide bonds. The van der Waals surface area contributed by atoms with Crippen LogP contribution in [0.25, 0.3) is 0 Å². The molecule has 0 aromatic heterocycles. The molecule has 0 bridgehead atoms. The molecule has 0 aliphatic heterocycles. The SMILES string of the molecule is CCOC(=O)c1ccc(S(=O)(=O)NOC(C)(C)C)cc1. The van der Waals surface area contributed by atoms with Crippen LogP contribution in [0.3, 0.4) is 0 Å². The van der Waals surface area contributed by atoms with Crippen LogP contribution in [0.2, 0.25) is 0 Å². The first kappa shape index (κ1) is 16.6. The molecular weight excluding hydrogens is 282 g/mol. The summed E-state index contributed by atoms with van der Waals surface area (Å²) >= 11 is 0. The van der Waals surface area contributed by atoms with E-state index < -0.39 is 21.6 Å². The van der Waals surface area contributed by atoms with E-state index in [1.54, 1.807) is 27.7 Å². The maximum absolute atomic E-state index is 11.9. The van der Waals surface area contributed by atoms with Crippen molar-refractivity contribution in [3.63, 3.8) is 0 Å². The lowest BCUT2D eigenvalue weighted by Gasteiger charge is -2.19. The Morgan fingerprint density at radius 3 is 2.20 bits per heavy atom. The minimum absolute atomic E-state index is 0.00907. The van der Waals surface area contributed by atoms with Gasteiger partial charge in [0.15, 0.2) is 0 Å². The van der Waals surface area contributed by atoms with E-state index in [9.17, 15) is 13.2 Å². The summed E-state index contributed by atoms with van der Waals surface area (Å²) in [5.74, 6) is -0.490. The Kier molecular flexibility index (Phi) is 5.27. The van der Waals surface area contributed by atoms with Gasteiger partial charge in [-0.3, -0.25) is 4.84 Å². The van der Waals surface area contributed by atoms with Crippen LogP contribution in [0.1, 0.15) is 38.1 Å². The van der Waals surface area contributed by atoms with E-state index in [1.165, 1.54) is 24.3 Å². The van der Waals surface area contributed by atoms with Crippen molar-refractivity contribution < 1.29 is 22.8 Å². The van der Waals surface area contributed by atoms with Crippen LogP contribution in [0.4, 0.5) is 0 Å². The lowest BCUT2D eigenvalue weighted by Crippen LogP contribution is -2.33. The molecule has 0 saturated heterocycles. The van der Waals surface area contributed by atoms with Crippen molar-refractivity contribution in [1.82, 2.24) is 4.89 Å². The van der Waals surface area contributed by atoms with Crippen LogP contribution in [0, 0.1) is 0 Å². The van der Waals surface area contributed by atoms with E-state index in [1.807, 2.05) is 4.89 Å². The third-order valence-electron chi connectivity index (χ3n) is 2.13. The number of carbonyl (C=O) groups is 1. The van der Waals surface area contributed by atoms with Crippen molar-refractivity contribution in [2.24, 2.45) is 0 Å². The van der Waals surface area contributed by atoms with Gasteiger partial charge in [-0.25, -0.2) is 13.2 Å². The molecule has 20 heavy (non-hydrogen) atoms. The number of hydrogen-bond acceptors (Lipinski definition) is 5. The fourth-order valence-electron chi connectivity index (χ4n) is 1.21. The number of hydrogen-bond donors (Lipinski definition) is 1. The van der Waals surface area contributed by atoms with E-state index in [2.05, 4.69) is 0 Å².